The van der Waals surface area contributed by atoms with Gasteiger partial charge < -0.3 is 9.29 Å². The van der Waals surface area contributed by atoms with Crippen molar-refractivity contribution in [2.45, 2.75) is 141 Å². The minimum atomic E-state index is -4.83. The molecule has 6 nitrogen and oxygen atoms in total. The first-order valence-electron chi connectivity index (χ1n) is 14.6. The predicted molar refractivity (Wildman–Crippen MR) is 149 cm³/mol. The van der Waals surface area contributed by atoms with Crippen LogP contribution in [0.2, 0.25) is 0 Å². The van der Waals surface area contributed by atoms with Crippen LogP contribution in [-0.4, -0.2) is 30.0 Å². The molecule has 0 N–H and O–H groups in total. The number of hydrogen-bond donors (Lipinski definition) is 0. The molecule has 0 fully saturated rings. The van der Waals surface area contributed by atoms with Gasteiger partial charge in [-0.25, -0.2) is 8.42 Å². The molecule has 0 aromatic heterocycles. The number of carbonyl (C=O) groups is 2. The second-order valence-electron chi connectivity index (χ2n) is 10.2. The molecule has 1 aromatic carbocycles. The van der Waals surface area contributed by atoms with Crippen molar-refractivity contribution < 1.29 is 56.9 Å². The van der Waals surface area contributed by atoms with E-state index in [1.807, 2.05) is 0 Å². The smallest absolute Gasteiger partial charge is 0.747 e. The van der Waals surface area contributed by atoms with E-state index in [9.17, 15) is 22.6 Å². The van der Waals surface area contributed by atoms with Gasteiger partial charge in [0.1, 0.15) is 21.1 Å². The number of carbonyl (C=O) groups excluding carboxylic acids is 2. The van der Waals surface area contributed by atoms with Crippen molar-refractivity contribution in [3.05, 3.63) is 29.8 Å². The van der Waals surface area contributed by atoms with E-state index in [0.29, 0.717) is 12.8 Å². The topological polar surface area (TPSA) is 101 Å². The van der Waals surface area contributed by atoms with Gasteiger partial charge in [0, 0.05) is 6.42 Å². The number of ether oxygens (including phenoxy) is 1. The van der Waals surface area contributed by atoms with E-state index in [0.717, 1.165) is 38.5 Å². The fraction of sp³-hybridized carbons (Fsp3) is 0.733. The minimum absolute atomic E-state index is 0. The van der Waals surface area contributed by atoms with Crippen LogP contribution in [0.4, 0.5) is 0 Å². The molecule has 1 atom stereocenters. The fourth-order valence-corrected chi connectivity index (χ4v) is 5.40. The first kappa shape index (κ1) is 37.3. The Morgan fingerprint density at radius 2 is 1.18 bits per heavy atom. The van der Waals surface area contributed by atoms with Gasteiger partial charge in [0.25, 0.3) is 0 Å². The standard InChI is InChI=1S/C30H50O6S.Na/c1-3-5-7-9-11-13-15-17-19-25-29(31)36-27-23-21-20-22-26(27)30(32)28(37(33,34)35)24-18-16-14-12-10-8-6-4-2;/h20-23,28H,3-19,24-25H2,1-2H3,(H,33,34,35);/q;+1/p-1. The molecule has 0 bridgehead atoms. The molecular weight excluding hydrogens is 511 g/mol. The third-order valence-corrected chi connectivity index (χ3v) is 7.97. The van der Waals surface area contributed by atoms with Crippen molar-refractivity contribution in [1.29, 1.82) is 0 Å². The van der Waals surface area contributed by atoms with Gasteiger partial charge in [-0.1, -0.05) is 129 Å². The molecule has 0 aliphatic rings. The van der Waals surface area contributed by atoms with Crippen LogP contribution in [0.15, 0.2) is 24.3 Å². The Labute approximate surface area is 254 Å². The summed E-state index contributed by atoms with van der Waals surface area (Å²) in [4.78, 5) is 25.5. The van der Waals surface area contributed by atoms with Crippen molar-refractivity contribution in [3.63, 3.8) is 0 Å². The van der Waals surface area contributed by atoms with E-state index in [-0.39, 0.29) is 53.7 Å². The minimum Gasteiger partial charge on any atom is -0.747 e. The third kappa shape index (κ3) is 17.1. The monoisotopic (exact) mass is 560 g/mol. The van der Waals surface area contributed by atoms with Crippen LogP contribution < -0.4 is 34.3 Å². The predicted octanol–water partition coefficient (Wildman–Crippen LogP) is 5.14. The summed E-state index contributed by atoms with van der Waals surface area (Å²) in [6.45, 7) is 4.37. The molecule has 0 saturated carbocycles. The molecule has 0 radical (unpaired) electrons. The quantitative estimate of drug-likeness (QED) is 0.0459. The third-order valence-electron chi connectivity index (χ3n) is 6.82. The Balaban J connectivity index is 0.0000137. The van der Waals surface area contributed by atoms with E-state index < -0.39 is 27.1 Å². The zero-order valence-corrected chi connectivity index (χ0v) is 27.0. The van der Waals surface area contributed by atoms with E-state index in [1.54, 1.807) is 12.1 Å². The number of hydrogen-bond acceptors (Lipinski definition) is 6. The molecule has 0 saturated heterocycles. The van der Waals surface area contributed by atoms with Gasteiger partial charge in [0.15, 0.2) is 5.78 Å². The maximum atomic E-state index is 13.1. The number of unbranched alkanes of at least 4 members (excludes halogenated alkanes) is 15. The summed E-state index contributed by atoms with van der Waals surface area (Å²) in [5.74, 6) is -1.21. The van der Waals surface area contributed by atoms with Gasteiger partial charge in [0.05, 0.1) is 5.56 Å². The summed E-state index contributed by atoms with van der Waals surface area (Å²) < 4.78 is 41.2. The molecule has 0 amide bonds. The largest absolute Gasteiger partial charge is 1.00 e. The number of para-hydroxylation sites is 1. The zero-order valence-electron chi connectivity index (χ0n) is 24.2. The van der Waals surface area contributed by atoms with E-state index in [1.165, 1.54) is 69.9 Å². The number of ketones is 1. The SMILES string of the molecule is CCCCCCCCCCCC(=O)Oc1ccccc1C(=O)C(CCCCCCCCCC)S(=O)(=O)[O-].[Na+]. The van der Waals surface area contributed by atoms with Crippen molar-refractivity contribution >= 4 is 21.9 Å². The van der Waals surface area contributed by atoms with Crippen LogP contribution >= 0.6 is 0 Å². The average Bonchev–Trinajstić information content (AvgIpc) is 2.86. The van der Waals surface area contributed by atoms with Crippen molar-refractivity contribution in [3.8, 4) is 5.75 Å². The molecule has 0 aliphatic carbocycles. The van der Waals surface area contributed by atoms with E-state index in [4.69, 9.17) is 4.74 Å². The number of esters is 1. The molecule has 212 valence electrons. The summed E-state index contributed by atoms with van der Waals surface area (Å²) >= 11 is 0. The Morgan fingerprint density at radius 1 is 0.737 bits per heavy atom. The normalized spacial score (nSPS) is 12.1. The van der Waals surface area contributed by atoms with Gasteiger partial charge >= 0.3 is 35.5 Å². The number of rotatable bonds is 23. The molecule has 0 spiro atoms. The maximum absolute atomic E-state index is 13.1. The summed E-state index contributed by atoms with van der Waals surface area (Å²) in [7, 11) is -4.83. The average molecular weight is 561 g/mol. The molecule has 1 unspecified atom stereocenters. The van der Waals surface area contributed by atoms with E-state index in [2.05, 4.69) is 13.8 Å². The van der Waals surface area contributed by atoms with Gasteiger partial charge in [-0.15, -0.1) is 0 Å². The van der Waals surface area contributed by atoms with Crippen molar-refractivity contribution in [2.75, 3.05) is 0 Å². The Bertz CT molecular complexity index is 871. The molecule has 8 heteroatoms. The molecule has 1 aromatic rings. The summed E-state index contributed by atoms with van der Waals surface area (Å²) in [6, 6.07) is 6.11. The summed E-state index contributed by atoms with van der Waals surface area (Å²) in [5.41, 5.74) is -0.0214. The van der Waals surface area contributed by atoms with Gasteiger partial charge in [-0.2, -0.15) is 0 Å². The van der Waals surface area contributed by atoms with E-state index >= 15 is 0 Å². The fourth-order valence-electron chi connectivity index (χ4n) is 4.56. The summed E-state index contributed by atoms with van der Waals surface area (Å²) in [5, 5.41) is -1.66. The van der Waals surface area contributed by atoms with Crippen LogP contribution in [0, 0.1) is 0 Å². The van der Waals surface area contributed by atoms with Gasteiger partial charge in [-0.3, -0.25) is 9.59 Å². The van der Waals surface area contributed by atoms with Crippen LogP contribution in [0.5, 0.6) is 5.75 Å². The Kier molecular flexibility index (Phi) is 22.6. The molecule has 1 rings (SSSR count). The number of Topliss-reactive ketones (excluding diaryl/α,β-unsaturated/α-hetero) is 1. The van der Waals surface area contributed by atoms with Crippen LogP contribution in [0.25, 0.3) is 0 Å². The van der Waals surface area contributed by atoms with Crippen molar-refractivity contribution in [2.24, 2.45) is 0 Å². The Morgan fingerprint density at radius 3 is 1.68 bits per heavy atom. The van der Waals surface area contributed by atoms with Crippen LogP contribution in [0.1, 0.15) is 146 Å². The molecule has 0 heterocycles. The van der Waals surface area contributed by atoms with Gasteiger partial charge in [-0.05, 0) is 25.0 Å². The molecular formula is C30H49NaO6S. The van der Waals surface area contributed by atoms with Gasteiger partial charge in [0.2, 0.25) is 0 Å². The van der Waals surface area contributed by atoms with Crippen LogP contribution in [-0.2, 0) is 14.9 Å². The molecule has 0 aliphatic heterocycles. The zero-order chi connectivity index (χ0) is 27.4. The summed E-state index contributed by atoms with van der Waals surface area (Å²) in [6.07, 6.45) is 18.5. The maximum Gasteiger partial charge on any atom is 1.00 e. The number of benzene rings is 1. The van der Waals surface area contributed by atoms with Crippen LogP contribution in [0.3, 0.4) is 0 Å². The molecule has 38 heavy (non-hydrogen) atoms. The first-order valence-corrected chi connectivity index (χ1v) is 16.1. The van der Waals surface area contributed by atoms with Crippen molar-refractivity contribution in [1.82, 2.24) is 0 Å². The second kappa shape index (κ2) is 23.0. The first-order chi connectivity index (χ1) is 17.8. The second-order valence-corrected chi connectivity index (χ2v) is 11.7. The Hall–Kier alpha value is -0.730.